The van der Waals surface area contributed by atoms with Gasteiger partial charge in [0.2, 0.25) is 0 Å². The van der Waals surface area contributed by atoms with Crippen LogP contribution in [0.25, 0.3) is 0 Å². The molecule has 16 heavy (non-hydrogen) atoms. The van der Waals surface area contributed by atoms with Gasteiger partial charge < -0.3 is 5.32 Å². The van der Waals surface area contributed by atoms with Crippen molar-refractivity contribution in [2.45, 2.75) is 39.5 Å². The molecular formula is C13H19N3. The number of hydrogen-bond acceptors (Lipinski definition) is 3. The maximum absolute atomic E-state index is 8.97. The summed E-state index contributed by atoms with van der Waals surface area (Å²) in [6, 6.07) is 5.93. The third kappa shape index (κ3) is 3.23. The van der Waals surface area contributed by atoms with Crippen molar-refractivity contribution in [1.29, 1.82) is 5.26 Å². The third-order valence-electron chi connectivity index (χ3n) is 2.45. The van der Waals surface area contributed by atoms with Crippen molar-refractivity contribution in [3.63, 3.8) is 0 Å². The second-order valence-corrected chi connectivity index (χ2v) is 4.18. The average molecular weight is 217 g/mol. The van der Waals surface area contributed by atoms with E-state index in [1.165, 1.54) is 0 Å². The highest BCUT2D eigenvalue weighted by Crippen LogP contribution is 2.18. The van der Waals surface area contributed by atoms with Gasteiger partial charge in [0.05, 0.1) is 5.56 Å². The molecule has 1 aromatic rings. The first-order valence-corrected chi connectivity index (χ1v) is 5.84. The van der Waals surface area contributed by atoms with Crippen LogP contribution in [0.2, 0.25) is 0 Å². The van der Waals surface area contributed by atoms with Gasteiger partial charge in [-0.15, -0.1) is 0 Å². The first-order valence-electron chi connectivity index (χ1n) is 5.84. The number of unbranched alkanes of at least 4 members (excludes halogenated alkanes) is 1. The topological polar surface area (TPSA) is 48.7 Å². The van der Waals surface area contributed by atoms with E-state index in [9.17, 15) is 0 Å². The molecular weight excluding hydrogens is 198 g/mol. The van der Waals surface area contributed by atoms with E-state index in [0.29, 0.717) is 11.5 Å². The Bertz CT molecular complexity index is 377. The Morgan fingerprint density at radius 2 is 2.19 bits per heavy atom. The van der Waals surface area contributed by atoms with Gasteiger partial charge in [0.25, 0.3) is 0 Å². The van der Waals surface area contributed by atoms with Crippen molar-refractivity contribution in [3.8, 4) is 6.07 Å². The zero-order valence-corrected chi connectivity index (χ0v) is 10.2. The number of aromatic nitrogens is 1. The normalized spacial score (nSPS) is 10.2. The SMILES string of the molecule is CCCCNc1nc(C(C)C)ccc1C#N. The van der Waals surface area contributed by atoms with Crippen LogP contribution >= 0.6 is 0 Å². The second-order valence-electron chi connectivity index (χ2n) is 4.18. The van der Waals surface area contributed by atoms with Crippen LogP contribution in [0.5, 0.6) is 0 Å². The van der Waals surface area contributed by atoms with Gasteiger partial charge >= 0.3 is 0 Å². The summed E-state index contributed by atoms with van der Waals surface area (Å²) in [6.07, 6.45) is 2.23. The van der Waals surface area contributed by atoms with E-state index in [4.69, 9.17) is 5.26 Å². The van der Waals surface area contributed by atoms with Crippen molar-refractivity contribution >= 4 is 5.82 Å². The summed E-state index contributed by atoms with van der Waals surface area (Å²) in [5.41, 5.74) is 1.65. The molecule has 1 rings (SSSR count). The average Bonchev–Trinajstić information content (AvgIpc) is 2.29. The van der Waals surface area contributed by atoms with E-state index in [1.807, 2.05) is 12.1 Å². The zero-order chi connectivity index (χ0) is 12.0. The predicted molar refractivity (Wildman–Crippen MR) is 66.4 cm³/mol. The van der Waals surface area contributed by atoms with Crippen LogP contribution in [0.1, 0.15) is 50.8 Å². The molecule has 1 N–H and O–H groups in total. The molecule has 0 radical (unpaired) electrons. The van der Waals surface area contributed by atoms with Gasteiger partial charge in [-0.2, -0.15) is 5.26 Å². The molecule has 0 amide bonds. The number of nitriles is 1. The lowest BCUT2D eigenvalue weighted by Gasteiger charge is -2.10. The molecule has 0 spiro atoms. The first kappa shape index (κ1) is 12.5. The van der Waals surface area contributed by atoms with Crippen LogP contribution < -0.4 is 5.32 Å². The smallest absolute Gasteiger partial charge is 0.144 e. The lowest BCUT2D eigenvalue weighted by molar-refractivity contribution is 0.808. The van der Waals surface area contributed by atoms with Crippen LogP contribution in [0.3, 0.4) is 0 Å². The fraction of sp³-hybridized carbons (Fsp3) is 0.538. The molecule has 0 aromatic carbocycles. The van der Waals surface area contributed by atoms with Gasteiger partial charge in [-0.25, -0.2) is 4.98 Å². The summed E-state index contributed by atoms with van der Waals surface area (Å²) in [5, 5.41) is 12.2. The fourth-order valence-electron chi connectivity index (χ4n) is 1.40. The van der Waals surface area contributed by atoms with Crippen LogP contribution in [0.15, 0.2) is 12.1 Å². The van der Waals surface area contributed by atoms with E-state index in [0.717, 1.165) is 30.9 Å². The standard InChI is InChI=1S/C13H19N3/c1-4-5-8-15-13-11(9-14)6-7-12(16-13)10(2)3/h6-7,10H,4-5,8H2,1-3H3,(H,15,16). The summed E-state index contributed by atoms with van der Waals surface area (Å²) in [6.45, 7) is 7.22. The van der Waals surface area contributed by atoms with Gasteiger partial charge in [0.1, 0.15) is 11.9 Å². The minimum Gasteiger partial charge on any atom is -0.369 e. The number of rotatable bonds is 5. The number of hydrogen-bond donors (Lipinski definition) is 1. The molecule has 86 valence electrons. The van der Waals surface area contributed by atoms with E-state index in [2.05, 4.69) is 37.1 Å². The maximum Gasteiger partial charge on any atom is 0.144 e. The number of pyridine rings is 1. The molecule has 1 heterocycles. The molecule has 0 aliphatic heterocycles. The Morgan fingerprint density at radius 1 is 1.44 bits per heavy atom. The molecule has 0 bridgehead atoms. The summed E-state index contributed by atoms with van der Waals surface area (Å²) in [7, 11) is 0. The number of nitrogens with zero attached hydrogens (tertiary/aromatic N) is 2. The van der Waals surface area contributed by atoms with Gasteiger partial charge in [-0.05, 0) is 24.5 Å². The van der Waals surface area contributed by atoms with Crippen LogP contribution in [-0.4, -0.2) is 11.5 Å². The molecule has 3 heteroatoms. The maximum atomic E-state index is 8.97. The lowest BCUT2D eigenvalue weighted by Crippen LogP contribution is -2.07. The fourth-order valence-corrected chi connectivity index (χ4v) is 1.40. The minimum atomic E-state index is 0.388. The Morgan fingerprint density at radius 3 is 2.75 bits per heavy atom. The van der Waals surface area contributed by atoms with Crippen molar-refractivity contribution in [3.05, 3.63) is 23.4 Å². The van der Waals surface area contributed by atoms with Crippen molar-refractivity contribution < 1.29 is 0 Å². The van der Waals surface area contributed by atoms with Crippen molar-refractivity contribution in [1.82, 2.24) is 4.98 Å². The largest absolute Gasteiger partial charge is 0.369 e. The second kappa shape index (κ2) is 6.12. The van der Waals surface area contributed by atoms with E-state index in [-0.39, 0.29) is 0 Å². The molecule has 0 aliphatic rings. The van der Waals surface area contributed by atoms with Gasteiger partial charge in [-0.3, -0.25) is 0 Å². The Kier molecular flexibility index (Phi) is 4.78. The number of nitrogens with one attached hydrogen (secondary N) is 1. The van der Waals surface area contributed by atoms with Crippen molar-refractivity contribution in [2.75, 3.05) is 11.9 Å². The molecule has 0 atom stereocenters. The molecule has 0 unspecified atom stereocenters. The lowest BCUT2D eigenvalue weighted by atomic mass is 10.1. The first-order chi connectivity index (χ1) is 7.69. The van der Waals surface area contributed by atoms with Crippen molar-refractivity contribution in [2.24, 2.45) is 0 Å². The summed E-state index contributed by atoms with van der Waals surface area (Å²) in [5.74, 6) is 1.11. The number of anilines is 1. The quantitative estimate of drug-likeness (QED) is 0.770. The minimum absolute atomic E-state index is 0.388. The highest BCUT2D eigenvalue weighted by atomic mass is 15.0. The van der Waals surface area contributed by atoms with E-state index >= 15 is 0 Å². The Balaban J connectivity index is 2.86. The predicted octanol–water partition coefficient (Wildman–Crippen LogP) is 3.29. The van der Waals surface area contributed by atoms with Crippen LogP contribution in [0, 0.1) is 11.3 Å². The molecule has 0 saturated carbocycles. The highest BCUT2D eigenvalue weighted by molar-refractivity contribution is 5.52. The van der Waals surface area contributed by atoms with E-state index < -0.39 is 0 Å². The summed E-state index contributed by atoms with van der Waals surface area (Å²) < 4.78 is 0. The highest BCUT2D eigenvalue weighted by Gasteiger charge is 2.07. The summed E-state index contributed by atoms with van der Waals surface area (Å²) in [4.78, 5) is 4.48. The van der Waals surface area contributed by atoms with E-state index in [1.54, 1.807) is 0 Å². The molecule has 1 aromatic heterocycles. The molecule has 3 nitrogen and oxygen atoms in total. The Hall–Kier alpha value is -1.56. The van der Waals surface area contributed by atoms with Gasteiger partial charge in [-0.1, -0.05) is 27.2 Å². The molecule has 0 aliphatic carbocycles. The van der Waals surface area contributed by atoms with Gasteiger partial charge in [0.15, 0.2) is 0 Å². The molecule has 0 saturated heterocycles. The third-order valence-corrected chi connectivity index (χ3v) is 2.45. The van der Waals surface area contributed by atoms with Gasteiger partial charge in [0, 0.05) is 12.2 Å². The molecule has 0 fully saturated rings. The summed E-state index contributed by atoms with van der Waals surface area (Å²) >= 11 is 0. The monoisotopic (exact) mass is 217 g/mol. The van der Waals surface area contributed by atoms with Crippen LogP contribution in [-0.2, 0) is 0 Å². The zero-order valence-electron chi connectivity index (χ0n) is 10.2. The Labute approximate surface area is 97.5 Å². The van der Waals surface area contributed by atoms with Crippen LogP contribution in [0.4, 0.5) is 5.82 Å².